The molecule has 0 bridgehead atoms. The molecule has 1 heterocycles. The van der Waals surface area contributed by atoms with E-state index in [1.807, 2.05) is 60.7 Å². The zero-order valence-electron chi connectivity index (χ0n) is 19.2. The number of carbonyl (C=O) groups excluding carboxylic acids is 2. The number of hydrogen-bond donors (Lipinski definition) is 1. The molecule has 3 aromatic carbocycles. The van der Waals surface area contributed by atoms with Gasteiger partial charge < -0.3 is 15.0 Å². The van der Waals surface area contributed by atoms with Gasteiger partial charge in [-0.2, -0.15) is 0 Å². The number of nitrogens with zero attached hydrogens (tertiary/aromatic N) is 1. The molecule has 1 aliphatic carbocycles. The number of aryl methyl sites for hydroxylation is 1. The average molecular weight is 471 g/mol. The maximum atomic E-state index is 13.1. The summed E-state index contributed by atoms with van der Waals surface area (Å²) in [6, 6.07) is 21.5. The number of likely N-dealkylation sites (N-methyl/N-ethyl adjacent to an activating group) is 1. The summed E-state index contributed by atoms with van der Waals surface area (Å²) in [5.74, 6) is 0.487. The molecule has 0 saturated carbocycles. The molecule has 1 N–H and O–H groups in total. The van der Waals surface area contributed by atoms with Crippen LogP contribution in [-0.4, -0.2) is 26.0 Å². The average Bonchev–Trinajstić information content (AvgIpc) is 2.87. The van der Waals surface area contributed by atoms with E-state index < -0.39 is 0 Å². The van der Waals surface area contributed by atoms with E-state index >= 15 is 0 Å². The lowest BCUT2D eigenvalue weighted by molar-refractivity contribution is -0.114. The summed E-state index contributed by atoms with van der Waals surface area (Å²) in [4.78, 5) is 29.4. The summed E-state index contributed by atoms with van der Waals surface area (Å²) >= 11 is 1.41. The van der Waals surface area contributed by atoms with Crippen molar-refractivity contribution in [2.45, 2.75) is 30.2 Å². The fourth-order valence-electron chi connectivity index (χ4n) is 4.61. The Morgan fingerprint density at radius 1 is 1.12 bits per heavy atom. The highest BCUT2D eigenvalue weighted by Gasteiger charge is 2.28. The Labute approximate surface area is 203 Å². The van der Waals surface area contributed by atoms with Gasteiger partial charge in [0.1, 0.15) is 5.75 Å². The smallest absolute Gasteiger partial charge is 0.264 e. The van der Waals surface area contributed by atoms with Gasteiger partial charge in [-0.05, 0) is 60.7 Å². The van der Waals surface area contributed by atoms with Crippen LogP contribution in [0.4, 0.5) is 5.69 Å². The molecule has 0 aromatic heterocycles. The van der Waals surface area contributed by atoms with Gasteiger partial charge in [-0.3, -0.25) is 9.59 Å². The molecule has 34 heavy (non-hydrogen) atoms. The van der Waals surface area contributed by atoms with Crippen LogP contribution >= 0.6 is 11.8 Å². The SMILES string of the molecule is COc1ccccc1C=C1Sc2ccc(C(=O)NC3CCCc4ccccc43)cc2N(C)C1=O. The Bertz CT molecular complexity index is 1300. The fourth-order valence-corrected chi connectivity index (χ4v) is 5.69. The lowest BCUT2D eigenvalue weighted by Crippen LogP contribution is -2.32. The van der Waals surface area contributed by atoms with Gasteiger partial charge in [0, 0.05) is 23.1 Å². The number of rotatable bonds is 4. The second-order valence-electron chi connectivity index (χ2n) is 8.52. The number of para-hydroxylation sites is 1. The predicted octanol–water partition coefficient (Wildman–Crippen LogP) is 5.61. The highest BCUT2D eigenvalue weighted by Crippen LogP contribution is 2.42. The van der Waals surface area contributed by atoms with Crippen LogP contribution in [0, 0.1) is 0 Å². The van der Waals surface area contributed by atoms with Crippen molar-refractivity contribution >= 4 is 35.3 Å². The summed E-state index contributed by atoms with van der Waals surface area (Å²) in [6.45, 7) is 0. The van der Waals surface area contributed by atoms with Crippen molar-refractivity contribution in [2.24, 2.45) is 0 Å². The number of hydrogen-bond acceptors (Lipinski definition) is 4. The van der Waals surface area contributed by atoms with Gasteiger partial charge in [-0.15, -0.1) is 0 Å². The summed E-state index contributed by atoms with van der Waals surface area (Å²) in [5.41, 5.74) is 4.65. The molecule has 1 unspecified atom stereocenters. The van der Waals surface area contributed by atoms with E-state index in [-0.39, 0.29) is 17.9 Å². The van der Waals surface area contributed by atoms with Gasteiger partial charge in [0.2, 0.25) is 0 Å². The molecule has 5 nitrogen and oxygen atoms in total. The van der Waals surface area contributed by atoms with Crippen LogP contribution < -0.4 is 15.0 Å². The molecule has 3 aromatic rings. The van der Waals surface area contributed by atoms with E-state index in [1.165, 1.54) is 22.9 Å². The number of ether oxygens (including phenoxy) is 1. The van der Waals surface area contributed by atoms with Crippen molar-refractivity contribution in [3.8, 4) is 5.75 Å². The standard InChI is InChI=1S/C28H26N2O3S/c1-30-23-16-20(27(31)29-22-12-7-10-18-8-3-5-11-21(18)22)14-15-25(23)34-26(28(30)32)17-19-9-4-6-13-24(19)33-2/h3-6,8-9,11,13-17,22H,7,10,12H2,1-2H3,(H,29,31). The molecule has 0 radical (unpaired) electrons. The number of anilines is 1. The van der Waals surface area contributed by atoms with Gasteiger partial charge in [-0.1, -0.05) is 54.2 Å². The highest BCUT2D eigenvalue weighted by molar-refractivity contribution is 8.04. The minimum Gasteiger partial charge on any atom is -0.496 e. The quantitative estimate of drug-likeness (QED) is 0.504. The van der Waals surface area contributed by atoms with Gasteiger partial charge >= 0.3 is 0 Å². The molecule has 2 aliphatic rings. The molecule has 6 heteroatoms. The minimum absolute atomic E-state index is 0.0117. The lowest BCUT2D eigenvalue weighted by atomic mass is 9.87. The number of carbonyl (C=O) groups is 2. The summed E-state index contributed by atoms with van der Waals surface area (Å²) < 4.78 is 5.42. The van der Waals surface area contributed by atoms with E-state index in [4.69, 9.17) is 4.74 Å². The zero-order valence-corrected chi connectivity index (χ0v) is 20.0. The zero-order chi connectivity index (χ0) is 23.7. The van der Waals surface area contributed by atoms with Gasteiger partial charge in [-0.25, -0.2) is 0 Å². The Morgan fingerprint density at radius 2 is 1.91 bits per heavy atom. The van der Waals surface area contributed by atoms with Gasteiger partial charge in [0.15, 0.2) is 0 Å². The first-order valence-corrected chi connectivity index (χ1v) is 12.2. The number of benzene rings is 3. The largest absolute Gasteiger partial charge is 0.496 e. The van der Waals surface area contributed by atoms with Crippen LogP contribution in [-0.2, 0) is 11.2 Å². The van der Waals surface area contributed by atoms with Gasteiger partial charge in [0.05, 0.1) is 23.7 Å². The molecule has 1 aliphatic heterocycles. The second kappa shape index (κ2) is 9.39. The van der Waals surface area contributed by atoms with E-state index in [0.717, 1.165) is 35.4 Å². The molecule has 0 saturated heterocycles. The Kier molecular flexibility index (Phi) is 6.16. The number of nitrogens with one attached hydrogen (secondary N) is 1. The van der Waals surface area contributed by atoms with Crippen LogP contribution in [0.2, 0.25) is 0 Å². The van der Waals surface area contributed by atoms with Crippen molar-refractivity contribution in [1.82, 2.24) is 5.32 Å². The summed E-state index contributed by atoms with van der Waals surface area (Å²) in [7, 11) is 3.36. The van der Waals surface area contributed by atoms with Gasteiger partial charge in [0.25, 0.3) is 11.8 Å². The van der Waals surface area contributed by atoms with Crippen LogP contribution in [0.3, 0.4) is 0 Å². The van der Waals surface area contributed by atoms with E-state index in [9.17, 15) is 9.59 Å². The molecule has 0 fully saturated rings. The summed E-state index contributed by atoms with van der Waals surface area (Å²) in [6.07, 6.45) is 4.89. The lowest BCUT2D eigenvalue weighted by Gasteiger charge is -2.28. The first-order chi connectivity index (χ1) is 16.5. The fraction of sp³-hybridized carbons (Fsp3) is 0.214. The van der Waals surface area contributed by atoms with Crippen LogP contribution in [0.1, 0.15) is 45.9 Å². The highest BCUT2D eigenvalue weighted by atomic mass is 32.2. The predicted molar refractivity (Wildman–Crippen MR) is 136 cm³/mol. The maximum absolute atomic E-state index is 13.1. The molecule has 0 spiro atoms. The third-order valence-corrected chi connectivity index (χ3v) is 7.50. The normalized spacial score (nSPS) is 18.3. The van der Waals surface area contributed by atoms with Crippen molar-refractivity contribution in [3.05, 3.63) is 93.9 Å². The van der Waals surface area contributed by atoms with Crippen molar-refractivity contribution < 1.29 is 14.3 Å². The Hall–Kier alpha value is -3.51. The minimum atomic E-state index is -0.120. The first kappa shape index (κ1) is 22.3. The van der Waals surface area contributed by atoms with E-state index in [2.05, 4.69) is 17.4 Å². The summed E-state index contributed by atoms with van der Waals surface area (Å²) in [5, 5.41) is 3.20. The third kappa shape index (κ3) is 4.21. The first-order valence-electron chi connectivity index (χ1n) is 11.4. The number of thioether (sulfide) groups is 1. The van der Waals surface area contributed by atoms with Crippen LogP contribution in [0.5, 0.6) is 5.75 Å². The number of methoxy groups -OCH3 is 1. The van der Waals surface area contributed by atoms with Crippen LogP contribution in [0.25, 0.3) is 6.08 Å². The van der Waals surface area contributed by atoms with E-state index in [0.29, 0.717) is 16.2 Å². The Balaban J connectivity index is 1.39. The van der Waals surface area contributed by atoms with E-state index in [1.54, 1.807) is 19.1 Å². The van der Waals surface area contributed by atoms with Crippen molar-refractivity contribution in [2.75, 3.05) is 19.1 Å². The van der Waals surface area contributed by atoms with Crippen molar-refractivity contribution in [1.29, 1.82) is 0 Å². The monoisotopic (exact) mass is 470 g/mol. The third-order valence-electron chi connectivity index (χ3n) is 6.42. The molecule has 2 amide bonds. The number of amides is 2. The Morgan fingerprint density at radius 3 is 2.76 bits per heavy atom. The maximum Gasteiger partial charge on any atom is 0.264 e. The van der Waals surface area contributed by atoms with Crippen LogP contribution in [0.15, 0.2) is 76.5 Å². The number of fused-ring (bicyclic) bond motifs is 2. The molecule has 5 rings (SSSR count). The molecular formula is C28H26N2O3S. The molecule has 1 atom stereocenters. The molecule has 172 valence electrons. The second-order valence-corrected chi connectivity index (χ2v) is 9.60. The molecular weight excluding hydrogens is 444 g/mol. The topological polar surface area (TPSA) is 58.6 Å². The van der Waals surface area contributed by atoms with Crippen molar-refractivity contribution in [3.63, 3.8) is 0 Å².